The quantitative estimate of drug-likeness (QED) is 0.716. The molecule has 0 saturated carbocycles. The molecule has 0 aliphatic rings. The molecule has 0 atom stereocenters. The highest BCUT2D eigenvalue weighted by Crippen LogP contribution is 2.29. The summed E-state index contributed by atoms with van der Waals surface area (Å²) in [6.45, 7) is 0. The number of rotatable bonds is 3. The van der Waals surface area contributed by atoms with E-state index in [-0.39, 0.29) is 5.78 Å². The molecule has 2 aromatic heterocycles. The topological polar surface area (TPSA) is 40.9 Å². The maximum absolute atomic E-state index is 12.0. The van der Waals surface area contributed by atoms with Crippen LogP contribution in [0.25, 0.3) is 0 Å². The molecule has 0 aliphatic heterocycles. The molecule has 0 aliphatic carbocycles. The van der Waals surface area contributed by atoms with Gasteiger partial charge in [0.15, 0.2) is 5.78 Å². The van der Waals surface area contributed by atoms with E-state index in [1.54, 1.807) is 6.07 Å². The molecule has 0 unspecified atom stereocenters. The number of carbonyl (C=O) groups is 1. The third kappa shape index (κ3) is 3.05. The van der Waals surface area contributed by atoms with E-state index < -0.39 is 0 Å². The van der Waals surface area contributed by atoms with Gasteiger partial charge in [-0.1, -0.05) is 0 Å². The first-order valence-corrected chi connectivity index (χ1v) is 7.84. The number of nitriles is 1. The van der Waals surface area contributed by atoms with Gasteiger partial charge in [0, 0.05) is 25.6 Å². The molecule has 86 valence electrons. The van der Waals surface area contributed by atoms with E-state index in [9.17, 15) is 4.79 Å². The Labute approximate surface area is 123 Å². The fourth-order valence-electron chi connectivity index (χ4n) is 1.27. The fraction of sp³-hybridized carbons (Fsp3) is 0.0909. The van der Waals surface area contributed by atoms with Gasteiger partial charge in [0.05, 0.1) is 4.88 Å². The first kappa shape index (κ1) is 13.0. The van der Waals surface area contributed by atoms with Crippen LogP contribution in [0.4, 0.5) is 0 Å². The second-order valence-electron chi connectivity index (χ2n) is 3.22. The Bertz CT molecular complexity index is 609. The summed E-state index contributed by atoms with van der Waals surface area (Å²) in [7, 11) is 0. The summed E-state index contributed by atoms with van der Waals surface area (Å²) in [5.74, 6) is 0.0766. The van der Waals surface area contributed by atoms with Crippen molar-refractivity contribution in [2.24, 2.45) is 0 Å². The van der Waals surface area contributed by atoms with Crippen LogP contribution in [0.3, 0.4) is 0 Å². The Kier molecular flexibility index (Phi) is 4.15. The zero-order valence-corrected chi connectivity index (χ0v) is 13.2. The molecule has 0 bridgehead atoms. The van der Waals surface area contributed by atoms with Gasteiger partial charge in [-0.15, -0.1) is 22.7 Å². The van der Waals surface area contributed by atoms with Crippen molar-refractivity contribution in [3.05, 3.63) is 41.1 Å². The van der Waals surface area contributed by atoms with Crippen molar-refractivity contribution in [1.29, 1.82) is 5.26 Å². The lowest BCUT2D eigenvalue weighted by Crippen LogP contribution is -1.99. The summed E-state index contributed by atoms with van der Waals surface area (Å²) in [6, 6.07) is 5.64. The first-order valence-electron chi connectivity index (χ1n) is 4.55. The summed E-state index contributed by atoms with van der Waals surface area (Å²) < 4.78 is 1.76. The largest absolute Gasteiger partial charge is 0.293 e. The van der Waals surface area contributed by atoms with Crippen molar-refractivity contribution >= 4 is 60.3 Å². The maximum atomic E-state index is 12.0. The standard InChI is InChI=1S/C11H5Br2NOS2/c12-6-1-11(16-5-6)9(15)3-10-8(13)2-7(4-14)17-10/h1-2,5H,3H2. The molecule has 2 rings (SSSR count). The highest BCUT2D eigenvalue weighted by molar-refractivity contribution is 9.10. The Morgan fingerprint density at radius 3 is 2.71 bits per heavy atom. The molecular formula is C11H5Br2NOS2. The van der Waals surface area contributed by atoms with E-state index in [1.807, 2.05) is 11.4 Å². The first-order chi connectivity index (χ1) is 8.10. The Hall–Kier alpha value is -0.480. The molecule has 2 heterocycles. The second kappa shape index (κ2) is 5.44. The number of halogens is 2. The number of hydrogen-bond donors (Lipinski definition) is 0. The van der Waals surface area contributed by atoms with Gasteiger partial charge in [-0.05, 0) is 44.0 Å². The van der Waals surface area contributed by atoms with Crippen LogP contribution in [0.15, 0.2) is 26.5 Å². The van der Waals surface area contributed by atoms with Gasteiger partial charge in [0.1, 0.15) is 10.9 Å². The van der Waals surface area contributed by atoms with Crippen molar-refractivity contribution in [2.45, 2.75) is 6.42 Å². The average molecular weight is 391 g/mol. The number of hydrogen-bond acceptors (Lipinski definition) is 4. The van der Waals surface area contributed by atoms with Crippen LogP contribution in [0, 0.1) is 11.3 Å². The minimum Gasteiger partial charge on any atom is -0.293 e. The highest BCUT2D eigenvalue weighted by atomic mass is 79.9. The zero-order chi connectivity index (χ0) is 12.4. The zero-order valence-electron chi connectivity index (χ0n) is 8.37. The van der Waals surface area contributed by atoms with E-state index in [0.29, 0.717) is 11.3 Å². The Morgan fingerprint density at radius 1 is 1.41 bits per heavy atom. The van der Waals surface area contributed by atoms with E-state index in [1.165, 1.54) is 22.7 Å². The van der Waals surface area contributed by atoms with Gasteiger partial charge >= 0.3 is 0 Å². The predicted molar refractivity (Wildman–Crippen MR) is 76.8 cm³/mol. The molecule has 2 nitrogen and oxygen atoms in total. The van der Waals surface area contributed by atoms with E-state index in [2.05, 4.69) is 37.9 Å². The predicted octanol–water partition coefficient (Wildman–Crippen LogP) is 4.63. The second-order valence-corrected chi connectivity index (χ2v) is 7.04. The highest BCUT2D eigenvalue weighted by Gasteiger charge is 2.14. The molecule has 0 saturated heterocycles. The molecule has 0 fully saturated rings. The summed E-state index contributed by atoms with van der Waals surface area (Å²) in [5.41, 5.74) is 0. The molecule has 0 N–H and O–H groups in total. The van der Waals surface area contributed by atoms with Gasteiger partial charge in [-0.25, -0.2) is 0 Å². The third-order valence-electron chi connectivity index (χ3n) is 2.03. The fourth-order valence-corrected chi connectivity index (χ4v) is 4.25. The lowest BCUT2D eigenvalue weighted by molar-refractivity contribution is 0.0997. The monoisotopic (exact) mass is 389 g/mol. The van der Waals surface area contributed by atoms with Gasteiger partial charge in [0.25, 0.3) is 0 Å². The molecule has 0 amide bonds. The van der Waals surface area contributed by atoms with Crippen LogP contribution in [-0.2, 0) is 6.42 Å². The van der Waals surface area contributed by atoms with Gasteiger partial charge in [0.2, 0.25) is 0 Å². The summed E-state index contributed by atoms with van der Waals surface area (Å²) in [5, 5.41) is 10.7. The average Bonchev–Trinajstić information content (AvgIpc) is 2.86. The molecule has 17 heavy (non-hydrogen) atoms. The molecule has 2 aromatic rings. The Morgan fingerprint density at radius 2 is 2.18 bits per heavy atom. The molecule has 0 radical (unpaired) electrons. The summed E-state index contributed by atoms with van der Waals surface area (Å²) in [6.07, 6.45) is 0.333. The van der Waals surface area contributed by atoms with E-state index in [4.69, 9.17) is 5.26 Å². The Balaban J connectivity index is 2.18. The number of Topliss-reactive ketones (excluding diaryl/α,β-unsaturated/α-hetero) is 1. The third-order valence-corrected chi connectivity index (χ3v) is 5.77. The molecule has 6 heteroatoms. The van der Waals surface area contributed by atoms with Crippen molar-refractivity contribution < 1.29 is 4.79 Å². The van der Waals surface area contributed by atoms with Crippen LogP contribution >= 0.6 is 54.5 Å². The smallest absolute Gasteiger partial charge is 0.178 e. The minimum atomic E-state index is 0.0766. The van der Waals surface area contributed by atoms with Crippen molar-refractivity contribution in [3.63, 3.8) is 0 Å². The lowest BCUT2D eigenvalue weighted by atomic mass is 10.2. The number of nitrogens with zero attached hydrogens (tertiary/aromatic N) is 1. The normalized spacial score (nSPS) is 10.2. The minimum absolute atomic E-state index is 0.0766. The van der Waals surface area contributed by atoms with E-state index >= 15 is 0 Å². The van der Waals surface area contributed by atoms with Crippen LogP contribution in [0.5, 0.6) is 0 Å². The van der Waals surface area contributed by atoms with Crippen molar-refractivity contribution in [1.82, 2.24) is 0 Å². The molecular weight excluding hydrogens is 386 g/mol. The lowest BCUT2D eigenvalue weighted by Gasteiger charge is -1.95. The van der Waals surface area contributed by atoms with Crippen LogP contribution in [0.2, 0.25) is 0 Å². The van der Waals surface area contributed by atoms with Gasteiger partial charge in [-0.2, -0.15) is 5.26 Å². The van der Waals surface area contributed by atoms with Crippen molar-refractivity contribution in [3.8, 4) is 6.07 Å². The van der Waals surface area contributed by atoms with Crippen LogP contribution in [0.1, 0.15) is 19.4 Å². The number of carbonyl (C=O) groups excluding carboxylic acids is 1. The number of thiophene rings is 2. The summed E-state index contributed by atoms with van der Waals surface area (Å²) in [4.78, 5) is 14.2. The van der Waals surface area contributed by atoms with Gasteiger partial charge < -0.3 is 0 Å². The summed E-state index contributed by atoms with van der Waals surface area (Å²) >= 11 is 9.47. The SMILES string of the molecule is N#Cc1cc(Br)c(CC(=O)c2cc(Br)cs2)s1. The molecule has 0 aromatic carbocycles. The molecule has 0 spiro atoms. The van der Waals surface area contributed by atoms with Crippen LogP contribution < -0.4 is 0 Å². The maximum Gasteiger partial charge on any atom is 0.178 e. The van der Waals surface area contributed by atoms with Crippen LogP contribution in [-0.4, -0.2) is 5.78 Å². The number of ketones is 1. The van der Waals surface area contributed by atoms with Gasteiger partial charge in [-0.3, -0.25) is 4.79 Å². The van der Waals surface area contributed by atoms with E-state index in [0.717, 1.165) is 18.7 Å². The van der Waals surface area contributed by atoms with Crippen molar-refractivity contribution in [2.75, 3.05) is 0 Å².